The first-order valence-electron chi connectivity index (χ1n) is 8.94. The standard InChI is InChI=1S/C21H22FN3O2S/c1-5-13-9-14-10-15(11-16(22)18(14)24-12-13)27-17(6-2)19(26)25-21(3,4)20-23-7-8-28-20/h5,7-12,17H,1,6H2,2-4H3,(H,25,26). The maximum Gasteiger partial charge on any atom is 0.261 e. The molecule has 146 valence electrons. The van der Waals surface area contributed by atoms with Gasteiger partial charge in [0, 0.05) is 29.2 Å². The highest BCUT2D eigenvalue weighted by molar-refractivity contribution is 7.09. The van der Waals surface area contributed by atoms with Crippen LogP contribution in [0.1, 0.15) is 37.8 Å². The zero-order chi connectivity index (χ0) is 20.3. The molecule has 0 aliphatic rings. The summed E-state index contributed by atoms with van der Waals surface area (Å²) in [6.45, 7) is 9.31. The number of nitrogens with zero attached hydrogens (tertiary/aromatic N) is 2. The number of carbonyl (C=O) groups is 1. The van der Waals surface area contributed by atoms with E-state index < -0.39 is 17.5 Å². The van der Waals surface area contributed by atoms with E-state index in [2.05, 4.69) is 21.9 Å². The number of nitrogens with one attached hydrogen (secondary N) is 1. The summed E-state index contributed by atoms with van der Waals surface area (Å²) in [7, 11) is 0. The third kappa shape index (κ3) is 4.20. The van der Waals surface area contributed by atoms with Crippen LogP contribution < -0.4 is 10.1 Å². The lowest BCUT2D eigenvalue weighted by Crippen LogP contribution is -2.47. The van der Waals surface area contributed by atoms with Gasteiger partial charge in [0.15, 0.2) is 11.9 Å². The Morgan fingerprint density at radius 2 is 2.18 bits per heavy atom. The zero-order valence-corrected chi connectivity index (χ0v) is 16.8. The minimum atomic E-state index is -0.758. The molecule has 0 saturated carbocycles. The second kappa shape index (κ2) is 8.06. The average Bonchev–Trinajstić information content (AvgIpc) is 3.21. The Bertz CT molecular complexity index is 1000. The van der Waals surface area contributed by atoms with Crippen LogP contribution in [0.15, 0.2) is 42.6 Å². The molecule has 0 spiro atoms. The van der Waals surface area contributed by atoms with Gasteiger partial charge in [0.1, 0.15) is 16.3 Å². The number of pyridine rings is 1. The second-order valence-corrected chi connectivity index (χ2v) is 7.81. The molecule has 0 saturated heterocycles. The first kappa shape index (κ1) is 19.9. The lowest BCUT2D eigenvalue weighted by atomic mass is 10.1. The summed E-state index contributed by atoms with van der Waals surface area (Å²) in [6, 6.07) is 4.71. The van der Waals surface area contributed by atoms with E-state index in [1.54, 1.807) is 30.6 Å². The van der Waals surface area contributed by atoms with Crippen LogP contribution in [-0.4, -0.2) is 22.0 Å². The fraction of sp³-hybridized carbons (Fsp3) is 0.286. The molecule has 2 heterocycles. The number of aromatic nitrogens is 2. The molecule has 1 atom stereocenters. The number of carbonyl (C=O) groups excluding carboxylic acids is 1. The number of rotatable bonds is 7. The van der Waals surface area contributed by atoms with Gasteiger partial charge in [-0.25, -0.2) is 9.37 Å². The molecule has 3 rings (SSSR count). The van der Waals surface area contributed by atoms with Gasteiger partial charge in [-0.05, 0) is 38.0 Å². The first-order valence-corrected chi connectivity index (χ1v) is 9.82. The van der Waals surface area contributed by atoms with Gasteiger partial charge in [-0.2, -0.15) is 0 Å². The highest BCUT2D eigenvalue weighted by Crippen LogP contribution is 2.26. The first-order chi connectivity index (χ1) is 13.3. The SMILES string of the molecule is C=Cc1cnc2c(F)cc(OC(CC)C(=O)NC(C)(C)c3nccs3)cc2c1. The van der Waals surface area contributed by atoms with Crippen LogP contribution in [0.2, 0.25) is 0 Å². The maximum absolute atomic E-state index is 14.4. The molecule has 7 heteroatoms. The van der Waals surface area contributed by atoms with Gasteiger partial charge >= 0.3 is 0 Å². The average molecular weight is 399 g/mol. The molecule has 2 aromatic heterocycles. The van der Waals surface area contributed by atoms with Crippen molar-refractivity contribution >= 4 is 34.2 Å². The van der Waals surface area contributed by atoms with Crippen LogP contribution >= 0.6 is 11.3 Å². The van der Waals surface area contributed by atoms with Gasteiger partial charge in [0.05, 0.1) is 5.54 Å². The number of hydrogen-bond donors (Lipinski definition) is 1. The van der Waals surface area contributed by atoms with Crippen molar-refractivity contribution in [2.45, 2.75) is 38.8 Å². The summed E-state index contributed by atoms with van der Waals surface area (Å²) in [5.41, 5.74) is 0.402. The van der Waals surface area contributed by atoms with Crippen LogP contribution in [0.4, 0.5) is 4.39 Å². The molecule has 0 fully saturated rings. The molecule has 1 aromatic carbocycles. The molecule has 0 bridgehead atoms. The van der Waals surface area contributed by atoms with E-state index in [-0.39, 0.29) is 17.2 Å². The van der Waals surface area contributed by atoms with Gasteiger partial charge in [-0.1, -0.05) is 19.6 Å². The molecule has 5 nitrogen and oxygen atoms in total. The Labute approximate surface area is 167 Å². The van der Waals surface area contributed by atoms with E-state index in [4.69, 9.17) is 4.74 Å². The summed E-state index contributed by atoms with van der Waals surface area (Å²) in [4.78, 5) is 21.1. The highest BCUT2D eigenvalue weighted by atomic mass is 32.1. The Hall–Kier alpha value is -2.80. The van der Waals surface area contributed by atoms with E-state index >= 15 is 0 Å². The van der Waals surface area contributed by atoms with Crippen LogP contribution in [0.25, 0.3) is 17.0 Å². The maximum atomic E-state index is 14.4. The Balaban J connectivity index is 1.82. The van der Waals surface area contributed by atoms with Crippen molar-refractivity contribution in [1.29, 1.82) is 0 Å². The van der Waals surface area contributed by atoms with Gasteiger partial charge in [0.25, 0.3) is 5.91 Å². The number of benzene rings is 1. The molecule has 1 unspecified atom stereocenters. The molecule has 1 N–H and O–H groups in total. The summed E-state index contributed by atoms with van der Waals surface area (Å²) in [6.07, 6.45) is 4.57. The fourth-order valence-electron chi connectivity index (χ4n) is 2.84. The minimum Gasteiger partial charge on any atom is -0.480 e. The van der Waals surface area contributed by atoms with E-state index in [1.807, 2.05) is 26.2 Å². The van der Waals surface area contributed by atoms with Gasteiger partial charge in [-0.15, -0.1) is 11.3 Å². The van der Waals surface area contributed by atoms with Crippen molar-refractivity contribution in [3.05, 3.63) is 58.9 Å². The molecule has 1 amide bonds. The van der Waals surface area contributed by atoms with Gasteiger partial charge in [-0.3, -0.25) is 9.78 Å². The number of hydrogen-bond acceptors (Lipinski definition) is 5. The Kier molecular flexibility index (Phi) is 5.74. The molecular weight excluding hydrogens is 377 g/mol. The molecule has 0 aliphatic carbocycles. The van der Waals surface area contributed by atoms with Crippen LogP contribution in [-0.2, 0) is 10.3 Å². The van der Waals surface area contributed by atoms with Crippen molar-refractivity contribution in [3.63, 3.8) is 0 Å². The zero-order valence-electron chi connectivity index (χ0n) is 16.0. The summed E-state index contributed by atoms with van der Waals surface area (Å²) in [5, 5.41) is 6.22. The van der Waals surface area contributed by atoms with E-state index in [1.165, 1.54) is 17.4 Å². The van der Waals surface area contributed by atoms with E-state index in [0.29, 0.717) is 11.8 Å². The van der Waals surface area contributed by atoms with Crippen LogP contribution in [0, 0.1) is 5.82 Å². The quantitative estimate of drug-likeness (QED) is 0.626. The van der Waals surface area contributed by atoms with Gasteiger partial charge in [0.2, 0.25) is 0 Å². The van der Waals surface area contributed by atoms with Crippen molar-refractivity contribution < 1.29 is 13.9 Å². The van der Waals surface area contributed by atoms with Crippen molar-refractivity contribution in [2.75, 3.05) is 0 Å². The molecular formula is C21H22FN3O2S. The molecule has 28 heavy (non-hydrogen) atoms. The summed E-state index contributed by atoms with van der Waals surface area (Å²) in [5.74, 6) is -0.496. The van der Waals surface area contributed by atoms with E-state index in [0.717, 1.165) is 10.6 Å². The van der Waals surface area contributed by atoms with Crippen LogP contribution in [0.5, 0.6) is 5.75 Å². The number of fused-ring (bicyclic) bond motifs is 1. The largest absolute Gasteiger partial charge is 0.480 e. The van der Waals surface area contributed by atoms with E-state index in [9.17, 15) is 9.18 Å². The second-order valence-electron chi connectivity index (χ2n) is 6.92. The molecule has 0 aliphatic heterocycles. The smallest absolute Gasteiger partial charge is 0.261 e. The number of halogens is 1. The predicted octanol–water partition coefficient (Wildman–Crippen LogP) is 4.68. The Morgan fingerprint density at radius 1 is 1.39 bits per heavy atom. The monoisotopic (exact) mass is 399 g/mol. The lowest BCUT2D eigenvalue weighted by molar-refractivity contribution is -0.129. The van der Waals surface area contributed by atoms with Crippen molar-refractivity contribution in [1.82, 2.24) is 15.3 Å². The number of amides is 1. The molecule has 0 radical (unpaired) electrons. The van der Waals surface area contributed by atoms with Crippen molar-refractivity contribution in [3.8, 4) is 5.75 Å². The summed E-state index contributed by atoms with van der Waals surface area (Å²) < 4.78 is 20.2. The van der Waals surface area contributed by atoms with Crippen molar-refractivity contribution in [2.24, 2.45) is 0 Å². The number of thiazole rings is 1. The minimum absolute atomic E-state index is 0.250. The lowest BCUT2D eigenvalue weighted by Gasteiger charge is -2.27. The topological polar surface area (TPSA) is 64.1 Å². The third-order valence-electron chi connectivity index (χ3n) is 4.31. The Morgan fingerprint density at radius 3 is 2.82 bits per heavy atom. The fourth-order valence-corrected chi connectivity index (χ4v) is 3.55. The predicted molar refractivity (Wildman–Crippen MR) is 110 cm³/mol. The van der Waals surface area contributed by atoms with Crippen LogP contribution in [0.3, 0.4) is 0 Å². The third-order valence-corrected chi connectivity index (χ3v) is 5.41. The summed E-state index contributed by atoms with van der Waals surface area (Å²) >= 11 is 1.47. The van der Waals surface area contributed by atoms with Gasteiger partial charge < -0.3 is 10.1 Å². The molecule has 3 aromatic rings. The number of ether oxygens (including phenoxy) is 1. The normalized spacial score (nSPS) is 12.6. The highest BCUT2D eigenvalue weighted by Gasteiger charge is 2.29.